The molecule has 3 aromatic heterocycles. The van der Waals surface area contributed by atoms with Gasteiger partial charge in [0.15, 0.2) is 0 Å². The Kier molecular flexibility index (Phi) is 4.14. The molecule has 6 N–H and O–H groups in total. The van der Waals surface area contributed by atoms with Crippen LogP contribution in [0, 0.1) is 0 Å². The number of aromatic nitrogens is 3. The number of nitrogens with two attached hydrogens (primary N) is 3. The molecule has 0 saturated heterocycles. The van der Waals surface area contributed by atoms with Crippen molar-refractivity contribution in [3.63, 3.8) is 0 Å². The number of benzene rings is 1. The van der Waals surface area contributed by atoms with Gasteiger partial charge < -0.3 is 17.2 Å². The van der Waals surface area contributed by atoms with Crippen molar-refractivity contribution < 1.29 is 0 Å². The highest BCUT2D eigenvalue weighted by Gasteiger charge is 2.08. The molecule has 0 fully saturated rings. The maximum absolute atomic E-state index is 5.72. The predicted molar refractivity (Wildman–Crippen MR) is 109 cm³/mol. The summed E-state index contributed by atoms with van der Waals surface area (Å²) >= 11 is 0. The van der Waals surface area contributed by atoms with Crippen molar-refractivity contribution in [1.82, 2.24) is 15.0 Å². The first-order chi connectivity index (χ1) is 13.1. The van der Waals surface area contributed by atoms with Crippen LogP contribution in [0.2, 0.25) is 0 Å². The van der Waals surface area contributed by atoms with E-state index in [2.05, 4.69) is 33.2 Å². The Morgan fingerprint density at radius 3 is 0.926 bits per heavy atom. The van der Waals surface area contributed by atoms with E-state index in [9.17, 15) is 0 Å². The Morgan fingerprint density at radius 1 is 0.407 bits per heavy atom. The average molecular weight is 354 g/mol. The van der Waals surface area contributed by atoms with Crippen LogP contribution in [0.25, 0.3) is 33.4 Å². The van der Waals surface area contributed by atoms with Crippen LogP contribution in [-0.4, -0.2) is 15.0 Å². The van der Waals surface area contributed by atoms with Crippen molar-refractivity contribution in [2.45, 2.75) is 0 Å². The molecule has 0 unspecified atom stereocenters. The van der Waals surface area contributed by atoms with Crippen molar-refractivity contribution in [2.75, 3.05) is 17.2 Å². The lowest BCUT2D eigenvalue weighted by molar-refractivity contribution is 1.32. The van der Waals surface area contributed by atoms with Gasteiger partial charge in [-0.15, -0.1) is 0 Å². The molecule has 0 saturated carbocycles. The fraction of sp³-hybridized carbons (Fsp3) is 0. The minimum absolute atomic E-state index is 0.487. The van der Waals surface area contributed by atoms with Gasteiger partial charge in [0.05, 0.1) is 0 Å². The number of anilines is 3. The Morgan fingerprint density at radius 2 is 0.704 bits per heavy atom. The second-order valence-corrected chi connectivity index (χ2v) is 6.21. The maximum atomic E-state index is 5.72. The molecule has 0 spiro atoms. The van der Waals surface area contributed by atoms with E-state index >= 15 is 0 Å². The maximum Gasteiger partial charge on any atom is 0.123 e. The molecule has 0 aliphatic carbocycles. The van der Waals surface area contributed by atoms with Gasteiger partial charge in [0, 0.05) is 35.3 Å². The van der Waals surface area contributed by atoms with E-state index in [1.165, 1.54) is 0 Å². The minimum atomic E-state index is 0.487. The zero-order valence-corrected chi connectivity index (χ0v) is 14.5. The number of rotatable bonds is 3. The highest BCUT2D eigenvalue weighted by Crippen LogP contribution is 2.32. The third-order valence-corrected chi connectivity index (χ3v) is 4.29. The van der Waals surface area contributed by atoms with Crippen LogP contribution >= 0.6 is 0 Å². The molecular weight excluding hydrogens is 336 g/mol. The minimum Gasteiger partial charge on any atom is -0.384 e. The molecule has 0 bridgehead atoms. The highest BCUT2D eigenvalue weighted by molar-refractivity contribution is 5.81. The predicted octanol–water partition coefficient (Wildman–Crippen LogP) is 3.62. The molecule has 0 amide bonds. The molecule has 27 heavy (non-hydrogen) atoms. The number of hydrogen-bond donors (Lipinski definition) is 3. The smallest absolute Gasteiger partial charge is 0.123 e. The molecule has 1 aromatic carbocycles. The lowest BCUT2D eigenvalue weighted by Crippen LogP contribution is -1.92. The SMILES string of the molecule is Nc1ccc(-c2cc(-c3ccc(N)nc3)cc(-c3ccc(N)nc3)c2)cn1. The normalized spacial score (nSPS) is 10.7. The van der Waals surface area contributed by atoms with Crippen molar-refractivity contribution in [1.29, 1.82) is 0 Å². The van der Waals surface area contributed by atoms with Crippen LogP contribution in [-0.2, 0) is 0 Å². The molecule has 4 aromatic rings. The molecule has 3 heterocycles. The summed E-state index contributed by atoms with van der Waals surface area (Å²) in [5, 5.41) is 0. The number of nitrogens with zero attached hydrogens (tertiary/aromatic N) is 3. The van der Waals surface area contributed by atoms with Gasteiger partial charge in [-0.3, -0.25) is 0 Å². The second-order valence-electron chi connectivity index (χ2n) is 6.21. The van der Waals surface area contributed by atoms with Gasteiger partial charge >= 0.3 is 0 Å². The summed E-state index contributed by atoms with van der Waals surface area (Å²) in [7, 11) is 0. The first-order valence-electron chi connectivity index (χ1n) is 8.39. The summed E-state index contributed by atoms with van der Waals surface area (Å²) in [6.45, 7) is 0. The molecule has 0 aliphatic heterocycles. The highest BCUT2D eigenvalue weighted by atomic mass is 14.8. The quantitative estimate of drug-likeness (QED) is 0.517. The van der Waals surface area contributed by atoms with Crippen molar-refractivity contribution in [3.05, 3.63) is 73.2 Å². The van der Waals surface area contributed by atoms with Crippen molar-refractivity contribution in [2.24, 2.45) is 0 Å². The first-order valence-corrected chi connectivity index (χ1v) is 8.39. The second kappa shape index (κ2) is 6.76. The molecule has 6 heteroatoms. The molecular formula is C21H18N6. The zero-order valence-electron chi connectivity index (χ0n) is 14.5. The zero-order chi connectivity index (χ0) is 18.8. The standard InChI is InChI=1S/C21H18N6/c22-19-4-1-13(10-25-19)16-7-17(14-2-5-20(23)26-11-14)9-18(8-16)15-3-6-21(24)27-12-15/h1-12H,(H2,22,25)(H2,23,26)(H2,24,27). The summed E-state index contributed by atoms with van der Waals surface area (Å²) < 4.78 is 0. The molecule has 4 rings (SSSR count). The van der Waals surface area contributed by atoms with Gasteiger partial charge in [-0.05, 0) is 71.3 Å². The van der Waals surface area contributed by atoms with E-state index in [0.29, 0.717) is 17.5 Å². The van der Waals surface area contributed by atoms with E-state index in [1.807, 2.05) is 18.2 Å². The third kappa shape index (κ3) is 3.55. The first kappa shape index (κ1) is 16.5. The van der Waals surface area contributed by atoms with E-state index in [1.54, 1.807) is 36.8 Å². The summed E-state index contributed by atoms with van der Waals surface area (Å²) in [6.07, 6.45) is 5.29. The Balaban J connectivity index is 1.89. The summed E-state index contributed by atoms with van der Waals surface area (Å²) in [6, 6.07) is 17.5. The van der Waals surface area contributed by atoms with Crippen molar-refractivity contribution >= 4 is 17.5 Å². The Labute approximate surface area is 156 Å². The average Bonchev–Trinajstić information content (AvgIpc) is 2.69. The van der Waals surface area contributed by atoms with Crippen LogP contribution in [0.1, 0.15) is 0 Å². The number of nitrogen functional groups attached to an aromatic ring is 3. The van der Waals surface area contributed by atoms with Crippen LogP contribution in [0.5, 0.6) is 0 Å². The number of hydrogen-bond acceptors (Lipinski definition) is 6. The molecule has 132 valence electrons. The largest absolute Gasteiger partial charge is 0.384 e. The molecule has 0 atom stereocenters. The van der Waals surface area contributed by atoms with Gasteiger partial charge in [-0.2, -0.15) is 0 Å². The summed E-state index contributed by atoms with van der Waals surface area (Å²) in [5.74, 6) is 1.46. The van der Waals surface area contributed by atoms with Crippen LogP contribution in [0.15, 0.2) is 73.2 Å². The van der Waals surface area contributed by atoms with Crippen LogP contribution in [0.3, 0.4) is 0 Å². The van der Waals surface area contributed by atoms with E-state index in [0.717, 1.165) is 33.4 Å². The number of pyridine rings is 3. The van der Waals surface area contributed by atoms with Gasteiger partial charge in [0.25, 0.3) is 0 Å². The fourth-order valence-electron chi connectivity index (χ4n) is 2.86. The van der Waals surface area contributed by atoms with E-state index in [4.69, 9.17) is 17.2 Å². The lowest BCUT2D eigenvalue weighted by atomic mass is 9.95. The lowest BCUT2D eigenvalue weighted by Gasteiger charge is -2.11. The van der Waals surface area contributed by atoms with Gasteiger partial charge in [-0.25, -0.2) is 15.0 Å². The van der Waals surface area contributed by atoms with E-state index in [-0.39, 0.29) is 0 Å². The van der Waals surface area contributed by atoms with Crippen LogP contribution in [0.4, 0.5) is 17.5 Å². The van der Waals surface area contributed by atoms with Gasteiger partial charge in [0.1, 0.15) is 17.5 Å². The molecule has 6 nitrogen and oxygen atoms in total. The third-order valence-electron chi connectivity index (χ3n) is 4.29. The van der Waals surface area contributed by atoms with Crippen LogP contribution < -0.4 is 17.2 Å². The van der Waals surface area contributed by atoms with Crippen molar-refractivity contribution in [3.8, 4) is 33.4 Å². The Bertz CT molecular complexity index is 917. The molecule has 0 radical (unpaired) electrons. The fourth-order valence-corrected chi connectivity index (χ4v) is 2.86. The summed E-state index contributed by atoms with van der Waals surface area (Å²) in [4.78, 5) is 12.6. The van der Waals surface area contributed by atoms with E-state index < -0.39 is 0 Å². The monoisotopic (exact) mass is 354 g/mol. The molecule has 0 aliphatic rings. The van der Waals surface area contributed by atoms with Gasteiger partial charge in [-0.1, -0.05) is 0 Å². The Hall–Kier alpha value is -3.93. The van der Waals surface area contributed by atoms with Gasteiger partial charge in [0.2, 0.25) is 0 Å². The topological polar surface area (TPSA) is 117 Å². The summed E-state index contributed by atoms with van der Waals surface area (Å²) in [5.41, 5.74) is 23.1.